The highest BCUT2D eigenvalue weighted by Crippen LogP contribution is 2.50. The fourth-order valence-corrected chi connectivity index (χ4v) is 8.77. The van der Waals surface area contributed by atoms with E-state index in [1.807, 2.05) is 17.0 Å². The lowest BCUT2D eigenvalue weighted by Crippen LogP contribution is -2.22. The van der Waals surface area contributed by atoms with Gasteiger partial charge in [-0.15, -0.1) is 16.4 Å². The third-order valence-electron chi connectivity index (χ3n) is 9.80. The second-order valence-corrected chi connectivity index (χ2v) is 13.7. The minimum absolute atomic E-state index is 0.0183. The van der Waals surface area contributed by atoms with E-state index >= 15 is 0 Å². The van der Waals surface area contributed by atoms with Crippen LogP contribution in [0.15, 0.2) is 63.9 Å². The number of halogens is 3. The molecule has 3 aliphatic rings. The van der Waals surface area contributed by atoms with E-state index in [1.165, 1.54) is 29.5 Å². The number of anilines is 1. The number of aromatic nitrogens is 4. The molecule has 1 saturated heterocycles. The van der Waals surface area contributed by atoms with Crippen LogP contribution in [0, 0.1) is 17.5 Å². The summed E-state index contributed by atoms with van der Waals surface area (Å²) in [6.45, 7) is 0.617. The summed E-state index contributed by atoms with van der Waals surface area (Å²) >= 11 is 1.41. The molecule has 2 aliphatic heterocycles. The molecule has 1 amide bonds. The van der Waals surface area contributed by atoms with Crippen molar-refractivity contribution in [1.82, 2.24) is 25.1 Å². The van der Waals surface area contributed by atoms with E-state index in [0.29, 0.717) is 77.3 Å². The van der Waals surface area contributed by atoms with Gasteiger partial charge in [0, 0.05) is 29.2 Å². The van der Waals surface area contributed by atoms with Crippen LogP contribution in [-0.4, -0.2) is 37.5 Å². The molecule has 246 valence electrons. The predicted molar refractivity (Wildman–Crippen MR) is 177 cm³/mol. The van der Waals surface area contributed by atoms with Crippen molar-refractivity contribution < 1.29 is 22.4 Å². The molecule has 2 N–H and O–H groups in total. The van der Waals surface area contributed by atoms with Crippen molar-refractivity contribution in [3.05, 3.63) is 116 Å². The number of hydrogen-bond acceptors (Lipinski definition) is 8. The van der Waals surface area contributed by atoms with Crippen LogP contribution in [0.4, 0.5) is 19.0 Å². The lowest BCUT2D eigenvalue weighted by molar-refractivity contribution is 0.0776. The number of aryl methyl sites for hydroxylation is 2. The van der Waals surface area contributed by atoms with Crippen molar-refractivity contribution >= 4 is 33.1 Å². The van der Waals surface area contributed by atoms with Gasteiger partial charge in [-0.05, 0) is 90.9 Å². The fraction of sp³-hybridized carbons (Fsp3) is 0.250. The van der Waals surface area contributed by atoms with Crippen molar-refractivity contribution in [2.45, 2.75) is 50.6 Å². The van der Waals surface area contributed by atoms with Crippen LogP contribution in [0.3, 0.4) is 0 Å². The van der Waals surface area contributed by atoms with Gasteiger partial charge >= 0.3 is 5.76 Å². The average Bonchev–Trinajstić information content (AvgIpc) is 3.92. The van der Waals surface area contributed by atoms with Gasteiger partial charge in [-0.3, -0.25) is 9.78 Å². The molecule has 2 atom stereocenters. The predicted octanol–water partition coefficient (Wildman–Crippen LogP) is 7.29. The first-order valence-electron chi connectivity index (χ1n) is 16.1. The van der Waals surface area contributed by atoms with E-state index < -0.39 is 17.4 Å². The summed E-state index contributed by atoms with van der Waals surface area (Å²) in [4.78, 5) is 38.7. The van der Waals surface area contributed by atoms with Crippen molar-refractivity contribution in [2.75, 3.05) is 11.9 Å². The maximum absolute atomic E-state index is 14.5. The lowest BCUT2D eigenvalue weighted by atomic mass is 9.93. The summed E-state index contributed by atoms with van der Waals surface area (Å²) in [6.07, 6.45) is 5.31. The lowest BCUT2D eigenvalue weighted by Gasteiger charge is -2.16. The number of aromatic amines is 1. The zero-order chi connectivity index (χ0) is 33.4. The largest absolute Gasteiger partial charge is 0.434 e. The Labute approximate surface area is 280 Å². The maximum Gasteiger partial charge on any atom is 0.434 e. The monoisotopic (exact) mass is 680 g/mol. The quantitative estimate of drug-likeness (QED) is 0.182. The first-order chi connectivity index (χ1) is 23.8. The van der Waals surface area contributed by atoms with Crippen LogP contribution in [0.1, 0.15) is 69.8 Å². The Morgan fingerprint density at radius 3 is 2.65 bits per heavy atom. The number of amides is 1. The molecular weight excluding hydrogens is 653 g/mol. The summed E-state index contributed by atoms with van der Waals surface area (Å²) in [6, 6.07) is 11.9. The van der Waals surface area contributed by atoms with E-state index in [4.69, 9.17) is 9.40 Å². The Bertz CT molecular complexity index is 2370. The Morgan fingerprint density at radius 1 is 0.980 bits per heavy atom. The Balaban J connectivity index is 1.21. The summed E-state index contributed by atoms with van der Waals surface area (Å²) in [7, 11) is 0. The zero-order valence-electron chi connectivity index (χ0n) is 25.9. The first-order valence-corrected chi connectivity index (χ1v) is 17.0. The Hall–Kier alpha value is -5.30. The van der Waals surface area contributed by atoms with Crippen molar-refractivity contribution in [3.63, 3.8) is 0 Å². The number of fused-ring (bicyclic) bond motifs is 5. The smallest absolute Gasteiger partial charge is 0.388 e. The van der Waals surface area contributed by atoms with Crippen molar-refractivity contribution in [3.8, 4) is 21.9 Å². The number of rotatable bonds is 7. The molecule has 1 fully saturated rings. The summed E-state index contributed by atoms with van der Waals surface area (Å²) < 4.78 is 48.8. The molecule has 0 bridgehead atoms. The minimum Gasteiger partial charge on any atom is -0.388 e. The highest BCUT2D eigenvalue weighted by Gasteiger charge is 2.45. The molecule has 13 heteroatoms. The second-order valence-electron chi connectivity index (χ2n) is 12.6. The number of thiophene rings is 1. The standard InChI is InChI=1S/C36H27F3N6O3S/c37-19-6-3-17(4-7-19)5-9-25-28(34-43-44-36(47)48-34)29(30-31(41-25)26-2-1-13-45(26)35(30)46)27-14-18-11-12-40-33(32(18)49-27)42-24-10-8-21-22(24)15-20(38)16-23(21)39/h3-4,6-7,11-12,14-16,24,26H,1-2,5,8-10,13H2,(H,40,42)(H,44,47)/t24-,26+/m0/s1. The number of H-pyrrole nitrogens is 1. The highest BCUT2D eigenvalue weighted by atomic mass is 32.1. The zero-order valence-corrected chi connectivity index (χ0v) is 26.7. The summed E-state index contributed by atoms with van der Waals surface area (Å²) in [5, 5.41) is 10.8. The number of pyridine rings is 2. The van der Waals surface area contributed by atoms with E-state index in [9.17, 15) is 22.8 Å². The molecule has 4 aromatic heterocycles. The molecule has 1 aliphatic carbocycles. The molecule has 2 aromatic carbocycles. The van der Waals surface area contributed by atoms with Crippen LogP contribution < -0.4 is 11.1 Å². The molecule has 49 heavy (non-hydrogen) atoms. The van der Waals surface area contributed by atoms with Crippen LogP contribution >= 0.6 is 11.3 Å². The van der Waals surface area contributed by atoms with Gasteiger partial charge in [0.2, 0.25) is 0 Å². The van der Waals surface area contributed by atoms with Gasteiger partial charge in [0.1, 0.15) is 23.3 Å². The molecule has 6 aromatic rings. The van der Waals surface area contributed by atoms with Gasteiger partial charge in [0.05, 0.1) is 39.3 Å². The van der Waals surface area contributed by atoms with Gasteiger partial charge in [0.25, 0.3) is 11.8 Å². The number of nitrogens with one attached hydrogen (secondary N) is 2. The number of carbonyl (C=O) groups is 1. The molecule has 9 nitrogen and oxygen atoms in total. The third-order valence-corrected chi connectivity index (χ3v) is 11.0. The normalized spacial score (nSPS) is 17.9. The van der Waals surface area contributed by atoms with Crippen LogP contribution in [0.5, 0.6) is 0 Å². The molecule has 6 heterocycles. The van der Waals surface area contributed by atoms with Crippen molar-refractivity contribution in [1.29, 1.82) is 0 Å². The van der Waals surface area contributed by atoms with Gasteiger partial charge in [-0.1, -0.05) is 12.1 Å². The number of carbonyl (C=O) groups excluding carboxylic acids is 1. The van der Waals surface area contributed by atoms with Crippen LogP contribution in [0.2, 0.25) is 0 Å². The molecule has 0 unspecified atom stereocenters. The molecule has 9 rings (SSSR count). The number of hydrogen-bond donors (Lipinski definition) is 2. The first kappa shape index (κ1) is 29.8. The SMILES string of the molecule is O=C1c2c(nc(CCc3ccc(F)cc3)c(-c3n[nH]c(=O)o3)c2-c2cc3ccnc(N[C@H]4CCc5c(F)cc(F)cc54)c3s2)[C@H]2CCCN12. The minimum atomic E-state index is -0.741. The van der Waals surface area contributed by atoms with Gasteiger partial charge < -0.3 is 14.6 Å². The van der Waals surface area contributed by atoms with Crippen molar-refractivity contribution in [2.24, 2.45) is 0 Å². The molecule has 0 saturated carbocycles. The Kier molecular flexibility index (Phi) is 6.94. The fourth-order valence-electron chi connectivity index (χ4n) is 7.61. The van der Waals surface area contributed by atoms with E-state index in [2.05, 4.69) is 20.5 Å². The Morgan fingerprint density at radius 2 is 1.84 bits per heavy atom. The third kappa shape index (κ3) is 4.94. The number of nitrogens with zero attached hydrogens (tertiary/aromatic N) is 4. The van der Waals surface area contributed by atoms with Gasteiger partial charge in [-0.2, -0.15) is 0 Å². The topological polar surface area (TPSA) is 117 Å². The highest BCUT2D eigenvalue weighted by molar-refractivity contribution is 7.23. The van der Waals surface area contributed by atoms with E-state index in [-0.39, 0.29) is 29.7 Å². The maximum atomic E-state index is 14.5. The molecule has 0 spiro atoms. The van der Waals surface area contributed by atoms with E-state index in [1.54, 1.807) is 18.3 Å². The van der Waals surface area contributed by atoms with Crippen LogP contribution in [0.25, 0.3) is 32.0 Å². The molecular formula is C36H27F3N6O3S. The van der Waals surface area contributed by atoms with Gasteiger partial charge in [0.15, 0.2) is 0 Å². The second kappa shape index (κ2) is 11.4. The van der Waals surface area contributed by atoms with Gasteiger partial charge in [-0.25, -0.2) is 28.0 Å². The van der Waals surface area contributed by atoms with E-state index in [0.717, 1.165) is 39.4 Å². The average molecular weight is 681 g/mol. The van der Waals surface area contributed by atoms with Crippen LogP contribution in [-0.2, 0) is 19.3 Å². The summed E-state index contributed by atoms with van der Waals surface area (Å²) in [5.41, 5.74) is 4.75. The summed E-state index contributed by atoms with van der Waals surface area (Å²) in [5.74, 6) is -1.81. The molecule has 0 radical (unpaired) electrons. The number of benzene rings is 2.